The average Bonchev–Trinajstić information content (AvgIpc) is 2.76. The fourth-order valence-electron chi connectivity index (χ4n) is 3.88. The van der Waals surface area contributed by atoms with Gasteiger partial charge in [-0.2, -0.15) is 0 Å². The molecule has 8 heteroatoms. The molecular weight excluding hydrogens is 429 g/mol. The predicted molar refractivity (Wildman–Crippen MR) is 123 cm³/mol. The van der Waals surface area contributed by atoms with Crippen LogP contribution in [0.25, 0.3) is 0 Å². The predicted octanol–water partition coefficient (Wildman–Crippen LogP) is 3.32. The van der Waals surface area contributed by atoms with Crippen LogP contribution in [0.5, 0.6) is 0 Å². The van der Waals surface area contributed by atoms with E-state index in [-0.39, 0.29) is 16.8 Å². The fourth-order valence-corrected chi connectivity index (χ4v) is 5.18. The summed E-state index contributed by atoms with van der Waals surface area (Å²) < 4.78 is 40.8. The SMILES string of the molecule is CCCN(Cc1ccc(C)cc1)C(=O)CN1CCC(NS(=O)(=O)c2ccc(F)cc2)CC1. The summed E-state index contributed by atoms with van der Waals surface area (Å²) in [5.74, 6) is -0.376. The van der Waals surface area contributed by atoms with Crippen molar-refractivity contribution in [2.75, 3.05) is 26.2 Å². The highest BCUT2D eigenvalue weighted by Crippen LogP contribution is 2.16. The monoisotopic (exact) mass is 461 g/mol. The Morgan fingerprint density at radius 1 is 1.09 bits per heavy atom. The van der Waals surface area contributed by atoms with Crippen molar-refractivity contribution in [3.8, 4) is 0 Å². The third-order valence-corrected chi connectivity index (χ3v) is 7.27. The summed E-state index contributed by atoms with van der Waals surface area (Å²) in [7, 11) is -3.69. The lowest BCUT2D eigenvalue weighted by molar-refractivity contribution is -0.133. The molecule has 0 radical (unpaired) electrons. The zero-order chi connectivity index (χ0) is 23.1. The van der Waals surface area contributed by atoms with Gasteiger partial charge < -0.3 is 4.90 Å². The van der Waals surface area contributed by atoms with Crippen molar-refractivity contribution < 1.29 is 17.6 Å². The van der Waals surface area contributed by atoms with Gasteiger partial charge in [0.05, 0.1) is 11.4 Å². The number of sulfonamides is 1. The van der Waals surface area contributed by atoms with Crippen LogP contribution in [-0.2, 0) is 21.4 Å². The van der Waals surface area contributed by atoms with E-state index < -0.39 is 15.8 Å². The van der Waals surface area contributed by atoms with E-state index in [1.165, 1.54) is 17.7 Å². The summed E-state index contributed by atoms with van der Waals surface area (Å²) >= 11 is 0. The van der Waals surface area contributed by atoms with Crippen molar-refractivity contribution in [3.63, 3.8) is 0 Å². The van der Waals surface area contributed by atoms with Crippen LogP contribution in [0.3, 0.4) is 0 Å². The number of nitrogens with one attached hydrogen (secondary N) is 1. The molecule has 0 bridgehead atoms. The van der Waals surface area contributed by atoms with Crippen molar-refractivity contribution in [2.24, 2.45) is 0 Å². The summed E-state index contributed by atoms with van der Waals surface area (Å²) in [5.41, 5.74) is 2.31. The number of hydrogen-bond donors (Lipinski definition) is 1. The van der Waals surface area contributed by atoms with Gasteiger partial charge in [-0.15, -0.1) is 0 Å². The Balaban J connectivity index is 1.51. The van der Waals surface area contributed by atoms with Crippen LogP contribution >= 0.6 is 0 Å². The van der Waals surface area contributed by atoms with Gasteiger partial charge in [-0.1, -0.05) is 36.8 Å². The molecular formula is C24H32FN3O3S. The minimum Gasteiger partial charge on any atom is -0.337 e. The number of likely N-dealkylation sites (tertiary alicyclic amines) is 1. The molecule has 1 aliphatic rings. The zero-order valence-electron chi connectivity index (χ0n) is 18.8. The molecule has 0 aromatic heterocycles. The van der Waals surface area contributed by atoms with E-state index in [0.717, 1.165) is 24.1 Å². The molecule has 174 valence electrons. The molecule has 1 saturated heterocycles. The smallest absolute Gasteiger partial charge is 0.240 e. The molecule has 3 rings (SSSR count). The maximum absolute atomic E-state index is 13.1. The van der Waals surface area contributed by atoms with Crippen molar-refractivity contribution in [1.82, 2.24) is 14.5 Å². The largest absolute Gasteiger partial charge is 0.337 e. The van der Waals surface area contributed by atoms with Gasteiger partial charge >= 0.3 is 0 Å². The van der Waals surface area contributed by atoms with E-state index in [2.05, 4.69) is 40.8 Å². The lowest BCUT2D eigenvalue weighted by Crippen LogP contribution is -2.48. The average molecular weight is 462 g/mol. The summed E-state index contributed by atoms with van der Waals surface area (Å²) in [5, 5.41) is 0. The first kappa shape index (κ1) is 24.4. The highest BCUT2D eigenvalue weighted by atomic mass is 32.2. The van der Waals surface area contributed by atoms with E-state index in [0.29, 0.717) is 45.6 Å². The Morgan fingerprint density at radius 2 is 1.72 bits per heavy atom. The van der Waals surface area contributed by atoms with Gasteiger partial charge in [0.1, 0.15) is 5.82 Å². The fraction of sp³-hybridized carbons (Fsp3) is 0.458. The molecule has 1 N–H and O–H groups in total. The third-order valence-electron chi connectivity index (χ3n) is 5.73. The Kier molecular flexibility index (Phi) is 8.39. The Morgan fingerprint density at radius 3 is 2.31 bits per heavy atom. The molecule has 6 nitrogen and oxygen atoms in total. The molecule has 1 amide bonds. The molecule has 2 aromatic carbocycles. The van der Waals surface area contributed by atoms with Crippen molar-refractivity contribution in [1.29, 1.82) is 0 Å². The Labute approximate surface area is 190 Å². The van der Waals surface area contributed by atoms with Gasteiger partial charge in [0.2, 0.25) is 15.9 Å². The number of rotatable bonds is 9. The van der Waals surface area contributed by atoms with Crippen LogP contribution in [0.4, 0.5) is 4.39 Å². The number of nitrogens with zero attached hydrogens (tertiary/aromatic N) is 2. The topological polar surface area (TPSA) is 69.7 Å². The summed E-state index contributed by atoms with van der Waals surface area (Å²) in [6.45, 7) is 7.04. The normalized spacial score (nSPS) is 15.6. The first-order valence-corrected chi connectivity index (χ1v) is 12.6. The molecule has 1 fully saturated rings. The number of carbonyl (C=O) groups excluding carboxylic acids is 1. The van der Waals surface area contributed by atoms with E-state index in [4.69, 9.17) is 0 Å². The maximum atomic E-state index is 13.1. The number of amides is 1. The highest BCUT2D eigenvalue weighted by molar-refractivity contribution is 7.89. The van der Waals surface area contributed by atoms with Gasteiger partial charge in [0.25, 0.3) is 0 Å². The van der Waals surface area contributed by atoms with Gasteiger partial charge in [0, 0.05) is 32.2 Å². The second-order valence-electron chi connectivity index (χ2n) is 8.43. The number of aryl methyl sites for hydroxylation is 1. The quantitative estimate of drug-likeness (QED) is 0.622. The summed E-state index contributed by atoms with van der Waals surface area (Å²) in [6.07, 6.45) is 2.14. The zero-order valence-corrected chi connectivity index (χ0v) is 19.6. The van der Waals surface area contributed by atoms with Crippen molar-refractivity contribution in [3.05, 3.63) is 65.5 Å². The van der Waals surface area contributed by atoms with E-state index >= 15 is 0 Å². The minimum absolute atomic E-state index is 0.0582. The second-order valence-corrected chi connectivity index (χ2v) is 10.1. The summed E-state index contributed by atoms with van der Waals surface area (Å²) in [6, 6.07) is 12.8. The van der Waals surface area contributed by atoms with E-state index in [1.807, 2.05) is 11.8 Å². The van der Waals surface area contributed by atoms with Gasteiger partial charge in [-0.05, 0) is 56.0 Å². The van der Waals surface area contributed by atoms with Crippen molar-refractivity contribution >= 4 is 15.9 Å². The molecule has 1 aliphatic heterocycles. The number of piperidine rings is 1. The lowest BCUT2D eigenvalue weighted by Gasteiger charge is -2.33. The first-order valence-electron chi connectivity index (χ1n) is 11.1. The van der Waals surface area contributed by atoms with Gasteiger partial charge in [-0.3, -0.25) is 9.69 Å². The molecule has 0 atom stereocenters. The Hall–Kier alpha value is -2.29. The molecule has 32 heavy (non-hydrogen) atoms. The highest BCUT2D eigenvalue weighted by Gasteiger charge is 2.26. The van der Waals surface area contributed by atoms with E-state index in [1.54, 1.807) is 0 Å². The Bertz CT molecular complexity index is 986. The number of hydrogen-bond acceptors (Lipinski definition) is 4. The summed E-state index contributed by atoms with van der Waals surface area (Å²) in [4.78, 5) is 17.0. The van der Waals surface area contributed by atoms with Crippen LogP contribution in [0.1, 0.15) is 37.3 Å². The first-order chi connectivity index (χ1) is 15.3. The number of benzene rings is 2. The van der Waals surface area contributed by atoms with Crippen molar-refractivity contribution in [2.45, 2.75) is 50.6 Å². The molecule has 2 aromatic rings. The standard InChI is InChI=1S/C24H32FN3O3S/c1-3-14-28(17-20-6-4-19(2)5-7-20)24(29)18-27-15-12-22(13-16-27)26-32(30,31)23-10-8-21(25)9-11-23/h4-11,22,26H,3,12-18H2,1-2H3. The minimum atomic E-state index is -3.69. The molecule has 0 aliphatic carbocycles. The maximum Gasteiger partial charge on any atom is 0.240 e. The van der Waals surface area contributed by atoms with E-state index in [9.17, 15) is 17.6 Å². The van der Waals surface area contributed by atoms with Gasteiger partial charge in [0.15, 0.2) is 0 Å². The van der Waals surface area contributed by atoms with Crippen LogP contribution in [0.15, 0.2) is 53.4 Å². The van der Waals surface area contributed by atoms with Crippen LogP contribution in [-0.4, -0.2) is 56.3 Å². The molecule has 0 spiro atoms. The number of carbonyl (C=O) groups is 1. The van der Waals surface area contributed by atoms with Crippen LogP contribution in [0.2, 0.25) is 0 Å². The van der Waals surface area contributed by atoms with Gasteiger partial charge in [-0.25, -0.2) is 17.5 Å². The lowest BCUT2D eigenvalue weighted by atomic mass is 10.1. The number of halogens is 1. The third kappa shape index (κ3) is 6.85. The second kappa shape index (κ2) is 11.0. The molecule has 1 heterocycles. The van der Waals surface area contributed by atoms with Crippen LogP contribution < -0.4 is 4.72 Å². The van der Waals surface area contributed by atoms with Crippen LogP contribution in [0, 0.1) is 12.7 Å². The molecule has 0 saturated carbocycles. The molecule has 0 unspecified atom stereocenters.